The third-order valence-corrected chi connectivity index (χ3v) is 2.69. The van der Waals surface area contributed by atoms with E-state index >= 15 is 0 Å². The molecule has 3 N–H and O–H groups in total. The zero-order valence-corrected chi connectivity index (χ0v) is 10.2. The summed E-state index contributed by atoms with van der Waals surface area (Å²) in [5, 5.41) is 7.08. The number of H-pyrrole nitrogens is 1. The van der Waals surface area contributed by atoms with Gasteiger partial charge in [-0.25, -0.2) is 4.98 Å². The summed E-state index contributed by atoms with van der Waals surface area (Å²) in [7, 11) is 0. The molecular weight excluding hydrogens is 212 g/mol. The molecule has 0 bridgehead atoms. The monoisotopic (exact) mass is 230 g/mol. The Labute approximate surface area is 101 Å². The number of rotatable bonds is 4. The van der Waals surface area contributed by atoms with E-state index in [9.17, 15) is 0 Å². The smallest absolute Gasteiger partial charge is 0.153 e. The zero-order chi connectivity index (χ0) is 12.3. The minimum absolute atomic E-state index is 0.127. The van der Waals surface area contributed by atoms with Gasteiger partial charge in [0.15, 0.2) is 5.82 Å². The van der Waals surface area contributed by atoms with E-state index in [2.05, 4.69) is 41.2 Å². The summed E-state index contributed by atoms with van der Waals surface area (Å²) < 4.78 is 0. The summed E-state index contributed by atoms with van der Waals surface area (Å²) in [5.41, 5.74) is 7.32. The molecule has 2 aromatic rings. The van der Waals surface area contributed by atoms with Crippen LogP contribution in [0.25, 0.3) is 0 Å². The molecule has 0 saturated heterocycles. The largest absolute Gasteiger partial charge is 0.321 e. The first kappa shape index (κ1) is 11.8. The second-order valence-electron chi connectivity index (χ2n) is 4.53. The third-order valence-electron chi connectivity index (χ3n) is 2.69. The lowest BCUT2D eigenvalue weighted by molar-refractivity contribution is 0.669. The SMILES string of the molecule is CC(C)c1n[nH]c(C(N)Cc2ccccc2)n1. The van der Waals surface area contributed by atoms with Gasteiger partial charge in [0.1, 0.15) is 5.82 Å². The maximum atomic E-state index is 6.11. The molecule has 4 nitrogen and oxygen atoms in total. The fraction of sp³-hybridized carbons (Fsp3) is 0.385. The van der Waals surface area contributed by atoms with Gasteiger partial charge in [0.05, 0.1) is 6.04 Å². The average molecular weight is 230 g/mol. The van der Waals surface area contributed by atoms with Gasteiger partial charge >= 0.3 is 0 Å². The Morgan fingerprint density at radius 3 is 2.53 bits per heavy atom. The van der Waals surface area contributed by atoms with Crippen molar-refractivity contribution in [3.05, 3.63) is 47.5 Å². The van der Waals surface area contributed by atoms with Gasteiger partial charge in [-0.1, -0.05) is 44.2 Å². The van der Waals surface area contributed by atoms with Crippen LogP contribution in [0.15, 0.2) is 30.3 Å². The third kappa shape index (κ3) is 2.91. The van der Waals surface area contributed by atoms with Gasteiger partial charge in [0, 0.05) is 5.92 Å². The van der Waals surface area contributed by atoms with Crippen LogP contribution in [0.1, 0.15) is 43.0 Å². The van der Waals surface area contributed by atoms with E-state index in [1.807, 2.05) is 18.2 Å². The summed E-state index contributed by atoms with van der Waals surface area (Å²) in [4.78, 5) is 4.41. The summed E-state index contributed by atoms with van der Waals surface area (Å²) >= 11 is 0. The fourth-order valence-corrected chi connectivity index (χ4v) is 1.68. The molecule has 4 heteroatoms. The molecule has 1 atom stereocenters. The van der Waals surface area contributed by atoms with Crippen molar-refractivity contribution in [1.82, 2.24) is 15.2 Å². The number of nitrogens with one attached hydrogen (secondary N) is 1. The van der Waals surface area contributed by atoms with E-state index in [1.165, 1.54) is 5.56 Å². The van der Waals surface area contributed by atoms with Gasteiger partial charge in [-0.15, -0.1) is 0 Å². The normalized spacial score (nSPS) is 12.9. The maximum absolute atomic E-state index is 6.11. The first-order valence-corrected chi connectivity index (χ1v) is 5.88. The molecule has 0 amide bonds. The summed E-state index contributed by atoms with van der Waals surface area (Å²) in [6, 6.07) is 10.0. The molecule has 0 aliphatic heterocycles. The fourth-order valence-electron chi connectivity index (χ4n) is 1.68. The van der Waals surface area contributed by atoms with Crippen molar-refractivity contribution in [2.24, 2.45) is 5.73 Å². The van der Waals surface area contributed by atoms with Crippen molar-refractivity contribution in [1.29, 1.82) is 0 Å². The van der Waals surface area contributed by atoms with Gasteiger partial charge in [0.2, 0.25) is 0 Å². The lowest BCUT2D eigenvalue weighted by Crippen LogP contribution is -2.15. The summed E-state index contributed by atoms with van der Waals surface area (Å²) in [6.07, 6.45) is 0.771. The van der Waals surface area contributed by atoms with E-state index in [0.29, 0.717) is 5.92 Å². The van der Waals surface area contributed by atoms with Crippen molar-refractivity contribution in [2.45, 2.75) is 32.2 Å². The standard InChI is InChI=1S/C13H18N4/c1-9(2)12-15-13(17-16-12)11(14)8-10-6-4-3-5-7-10/h3-7,9,11H,8,14H2,1-2H3,(H,15,16,17). The Bertz CT molecular complexity index is 461. The highest BCUT2D eigenvalue weighted by Gasteiger charge is 2.13. The Morgan fingerprint density at radius 2 is 1.94 bits per heavy atom. The van der Waals surface area contributed by atoms with E-state index < -0.39 is 0 Å². The first-order valence-electron chi connectivity index (χ1n) is 5.88. The predicted molar refractivity (Wildman–Crippen MR) is 67.5 cm³/mol. The lowest BCUT2D eigenvalue weighted by Gasteiger charge is -2.07. The molecule has 0 radical (unpaired) electrons. The Hall–Kier alpha value is -1.68. The molecule has 90 valence electrons. The Kier molecular flexibility index (Phi) is 3.54. The van der Waals surface area contributed by atoms with Crippen LogP contribution in [-0.4, -0.2) is 15.2 Å². The molecular formula is C13H18N4. The number of aromatic amines is 1. The molecule has 1 aromatic carbocycles. The van der Waals surface area contributed by atoms with Crippen LogP contribution in [0.5, 0.6) is 0 Å². The molecule has 1 unspecified atom stereocenters. The highest BCUT2D eigenvalue weighted by molar-refractivity contribution is 5.17. The maximum Gasteiger partial charge on any atom is 0.153 e. The van der Waals surface area contributed by atoms with E-state index in [4.69, 9.17) is 5.73 Å². The van der Waals surface area contributed by atoms with Crippen LogP contribution >= 0.6 is 0 Å². The second-order valence-corrected chi connectivity index (χ2v) is 4.53. The Balaban J connectivity index is 2.07. The number of nitrogens with two attached hydrogens (primary N) is 1. The second kappa shape index (κ2) is 5.10. The molecule has 1 aromatic heterocycles. The quantitative estimate of drug-likeness (QED) is 0.845. The van der Waals surface area contributed by atoms with E-state index in [0.717, 1.165) is 18.1 Å². The van der Waals surface area contributed by atoms with Crippen molar-refractivity contribution in [2.75, 3.05) is 0 Å². The molecule has 2 rings (SSSR count). The Morgan fingerprint density at radius 1 is 1.24 bits per heavy atom. The first-order chi connectivity index (χ1) is 8.16. The molecule has 0 aliphatic rings. The van der Waals surface area contributed by atoms with Crippen molar-refractivity contribution < 1.29 is 0 Å². The zero-order valence-electron chi connectivity index (χ0n) is 10.2. The van der Waals surface area contributed by atoms with Crippen LogP contribution in [0.4, 0.5) is 0 Å². The van der Waals surface area contributed by atoms with Crippen molar-refractivity contribution >= 4 is 0 Å². The van der Waals surface area contributed by atoms with Gasteiger partial charge in [-0.2, -0.15) is 5.10 Å². The van der Waals surface area contributed by atoms with E-state index in [1.54, 1.807) is 0 Å². The molecule has 0 spiro atoms. The number of benzene rings is 1. The highest BCUT2D eigenvalue weighted by atomic mass is 15.2. The molecule has 0 fully saturated rings. The summed E-state index contributed by atoms with van der Waals surface area (Å²) in [5.74, 6) is 1.91. The minimum atomic E-state index is -0.127. The molecule has 17 heavy (non-hydrogen) atoms. The number of hydrogen-bond donors (Lipinski definition) is 2. The summed E-state index contributed by atoms with van der Waals surface area (Å²) in [6.45, 7) is 4.13. The van der Waals surface area contributed by atoms with Gasteiger partial charge in [-0.05, 0) is 12.0 Å². The van der Waals surface area contributed by atoms with Gasteiger partial charge in [0.25, 0.3) is 0 Å². The average Bonchev–Trinajstić information content (AvgIpc) is 2.79. The molecule has 1 heterocycles. The number of nitrogens with zero attached hydrogens (tertiary/aromatic N) is 2. The van der Waals surface area contributed by atoms with Crippen LogP contribution in [0, 0.1) is 0 Å². The van der Waals surface area contributed by atoms with Gasteiger partial charge in [-0.3, -0.25) is 5.10 Å². The number of hydrogen-bond acceptors (Lipinski definition) is 3. The predicted octanol–water partition coefficient (Wildman–Crippen LogP) is 2.17. The van der Waals surface area contributed by atoms with Crippen molar-refractivity contribution in [3.63, 3.8) is 0 Å². The topological polar surface area (TPSA) is 67.6 Å². The lowest BCUT2D eigenvalue weighted by atomic mass is 10.1. The number of aromatic nitrogens is 3. The van der Waals surface area contributed by atoms with Crippen molar-refractivity contribution in [3.8, 4) is 0 Å². The highest BCUT2D eigenvalue weighted by Crippen LogP contribution is 2.15. The van der Waals surface area contributed by atoms with Crippen LogP contribution in [-0.2, 0) is 6.42 Å². The van der Waals surface area contributed by atoms with Crippen LogP contribution < -0.4 is 5.73 Å². The van der Waals surface area contributed by atoms with Crippen LogP contribution in [0.2, 0.25) is 0 Å². The van der Waals surface area contributed by atoms with Crippen LogP contribution in [0.3, 0.4) is 0 Å². The van der Waals surface area contributed by atoms with Gasteiger partial charge < -0.3 is 5.73 Å². The van der Waals surface area contributed by atoms with E-state index in [-0.39, 0.29) is 6.04 Å². The molecule has 0 aliphatic carbocycles. The minimum Gasteiger partial charge on any atom is -0.321 e. The molecule has 0 saturated carbocycles.